The van der Waals surface area contributed by atoms with Gasteiger partial charge in [0.15, 0.2) is 0 Å². The molecule has 0 radical (unpaired) electrons. The summed E-state index contributed by atoms with van der Waals surface area (Å²) < 4.78 is 0. The predicted molar refractivity (Wildman–Crippen MR) is 55.7 cm³/mol. The first-order valence-electron chi connectivity index (χ1n) is 4.60. The normalized spacial score (nSPS) is 10.5. The lowest BCUT2D eigenvalue weighted by atomic mass is 9.92. The van der Waals surface area contributed by atoms with Gasteiger partial charge in [-0.15, -0.1) is 0 Å². The van der Waals surface area contributed by atoms with Crippen LogP contribution in [-0.4, -0.2) is 11.6 Å². The minimum Gasteiger partial charge on any atom is -0.300 e. The number of hydrogen-bond donors (Lipinski definition) is 0. The number of rotatable bonds is 1. The van der Waals surface area contributed by atoms with Crippen molar-refractivity contribution >= 4 is 11.6 Å². The molecule has 0 heterocycles. The average molecular weight is 186 g/mol. The van der Waals surface area contributed by atoms with E-state index in [9.17, 15) is 9.59 Å². The van der Waals surface area contributed by atoms with Gasteiger partial charge in [-0.3, -0.25) is 9.59 Å². The predicted octanol–water partition coefficient (Wildman–Crippen LogP) is 2.85. The lowest BCUT2D eigenvalue weighted by Crippen LogP contribution is -2.15. The second-order valence-corrected chi connectivity index (χ2v) is 4.57. The molecule has 0 aromatic rings. The van der Waals surface area contributed by atoms with E-state index in [1.165, 1.54) is 0 Å². The summed E-state index contributed by atoms with van der Waals surface area (Å²) in [5.74, 6) is 0.715. The van der Waals surface area contributed by atoms with Gasteiger partial charge in [0.1, 0.15) is 11.6 Å². The van der Waals surface area contributed by atoms with E-state index >= 15 is 0 Å². The summed E-state index contributed by atoms with van der Waals surface area (Å²) in [6, 6.07) is 0. The fraction of sp³-hybridized carbons (Fsp3) is 0.818. The smallest absolute Gasteiger partial charge is 0.135 e. The lowest BCUT2D eigenvalue weighted by Gasteiger charge is -2.11. The maximum absolute atomic E-state index is 10.5. The third-order valence-electron chi connectivity index (χ3n) is 1.87. The number of carbonyl (C=O) groups is 2. The van der Waals surface area contributed by atoms with Gasteiger partial charge in [-0.2, -0.15) is 0 Å². The van der Waals surface area contributed by atoms with Gasteiger partial charge in [0.05, 0.1) is 0 Å². The molecule has 0 bridgehead atoms. The number of carbonyl (C=O) groups excluding carboxylic acids is 2. The van der Waals surface area contributed by atoms with Crippen LogP contribution in [-0.2, 0) is 9.59 Å². The van der Waals surface area contributed by atoms with Crippen LogP contribution in [0.1, 0.15) is 48.5 Å². The molecule has 13 heavy (non-hydrogen) atoms. The average Bonchev–Trinajstić information content (AvgIpc) is 1.86. The van der Waals surface area contributed by atoms with E-state index in [0.29, 0.717) is 0 Å². The van der Waals surface area contributed by atoms with Gasteiger partial charge in [-0.1, -0.05) is 34.6 Å². The van der Waals surface area contributed by atoms with Crippen molar-refractivity contribution in [3.05, 3.63) is 0 Å². The summed E-state index contributed by atoms with van der Waals surface area (Å²) in [6.07, 6.45) is 0. The molecule has 0 unspecified atom stereocenters. The van der Waals surface area contributed by atoms with Crippen molar-refractivity contribution in [3.8, 4) is 0 Å². The molecule has 2 heteroatoms. The molecule has 0 aliphatic heterocycles. The van der Waals surface area contributed by atoms with Crippen molar-refractivity contribution in [2.24, 2.45) is 11.3 Å². The highest BCUT2D eigenvalue weighted by molar-refractivity contribution is 5.80. The van der Waals surface area contributed by atoms with Crippen molar-refractivity contribution in [1.29, 1.82) is 0 Å². The Kier molecular flexibility index (Phi) is 6.73. The van der Waals surface area contributed by atoms with Gasteiger partial charge in [0.25, 0.3) is 0 Å². The van der Waals surface area contributed by atoms with Crippen LogP contribution in [0.4, 0.5) is 0 Å². The molecule has 78 valence electrons. The van der Waals surface area contributed by atoms with Crippen LogP contribution in [0, 0.1) is 11.3 Å². The first-order valence-corrected chi connectivity index (χ1v) is 4.60. The number of hydrogen-bond acceptors (Lipinski definition) is 2. The molecule has 0 saturated carbocycles. The van der Waals surface area contributed by atoms with Crippen LogP contribution >= 0.6 is 0 Å². The molecule has 0 spiro atoms. The summed E-state index contributed by atoms with van der Waals surface area (Å²) >= 11 is 0. The molecule has 0 rings (SSSR count). The Hall–Kier alpha value is -0.660. The Balaban J connectivity index is 0. The zero-order valence-electron chi connectivity index (χ0n) is 9.89. The molecule has 0 aliphatic carbocycles. The summed E-state index contributed by atoms with van der Waals surface area (Å²) in [5, 5.41) is 0. The van der Waals surface area contributed by atoms with E-state index in [0.717, 1.165) is 0 Å². The Morgan fingerprint density at radius 1 is 1.00 bits per heavy atom. The summed E-state index contributed by atoms with van der Waals surface area (Å²) in [7, 11) is 0. The minimum absolute atomic E-state index is 0.139. The second kappa shape index (κ2) is 5.90. The summed E-state index contributed by atoms with van der Waals surface area (Å²) in [6.45, 7) is 12.7. The zero-order valence-corrected chi connectivity index (χ0v) is 9.89. The molecule has 0 aromatic heterocycles. The van der Waals surface area contributed by atoms with Crippen LogP contribution in [0.5, 0.6) is 0 Å². The second-order valence-electron chi connectivity index (χ2n) is 4.57. The highest BCUT2D eigenvalue weighted by Gasteiger charge is 2.14. The molecule has 0 amide bonds. The maximum Gasteiger partial charge on any atom is 0.135 e. The van der Waals surface area contributed by atoms with Gasteiger partial charge < -0.3 is 0 Å². The summed E-state index contributed by atoms with van der Waals surface area (Å²) in [5.41, 5.74) is -0.139. The maximum atomic E-state index is 10.5. The largest absolute Gasteiger partial charge is 0.300 e. The number of ketones is 2. The third-order valence-corrected chi connectivity index (χ3v) is 1.87. The van der Waals surface area contributed by atoms with Crippen LogP contribution < -0.4 is 0 Å². The fourth-order valence-electron chi connectivity index (χ4n) is 0. The first-order chi connectivity index (χ1) is 5.59. The van der Waals surface area contributed by atoms with E-state index in [2.05, 4.69) is 0 Å². The van der Waals surface area contributed by atoms with Crippen molar-refractivity contribution in [2.75, 3.05) is 0 Å². The molecule has 0 aliphatic rings. The zero-order chi connectivity index (χ0) is 11.2. The van der Waals surface area contributed by atoms with Gasteiger partial charge in [0, 0.05) is 11.3 Å². The van der Waals surface area contributed by atoms with Crippen LogP contribution in [0.3, 0.4) is 0 Å². The standard InChI is InChI=1S/C6H12O.C5H10O/c1-5(7)6(2,3)4;1-4(2)5(3)6/h1-4H3;4H,1-3H3. The molecular weight excluding hydrogens is 164 g/mol. The summed E-state index contributed by atoms with van der Waals surface area (Å²) in [4.78, 5) is 20.6. The van der Waals surface area contributed by atoms with Crippen LogP contribution in [0.15, 0.2) is 0 Å². The van der Waals surface area contributed by atoms with E-state index in [1.54, 1.807) is 13.8 Å². The van der Waals surface area contributed by atoms with Gasteiger partial charge in [-0.05, 0) is 13.8 Å². The van der Waals surface area contributed by atoms with Crippen molar-refractivity contribution in [2.45, 2.75) is 48.5 Å². The quantitative estimate of drug-likeness (QED) is 0.631. The lowest BCUT2D eigenvalue weighted by molar-refractivity contribution is -0.124. The van der Waals surface area contributed by atoms with Crippen molar-refractivity contribution < 1.29 is 9.59 Å². The fourth-order valence-corrected chi connectivity index (χ4v) is 0. The SMILES string of the molecule is CC(=O)C(C)(C)C.CC(=O)C(C)C. The monoisotopic (exact) mass is 186 g/mol. The topological polar surface area (TPSA) is 34.1 Å². The molecule has 2 nitrogen and oxygen atoms in total. The molecule has 0 fully saturated rings. The molecular formula is C11H22O2. The van der Waals surface area contributed by atoms with E-state index < -0.39 is 0 Å². The first kappa shape index (κ1) is 14.8. The highest BCUT2D eigenvalue weighted by Crippen LogP contribution is 2.12. The van der Waals surface area contributed by atoms with Gasteiger partial charge >= 0.3 is 0 Å². The molecule has 0 atom stereocenters. The van der Waals surface area contributed by atoms with Gasteiger partial charge in [-0.25, -0.2) is 0 Å². The third kappa shape index (κ3) is 11.3. The van der Waals surface area contributed by atoms with Crippen LogP contribution in [0.2, 0.25) is 0 Å². The van der Waals surface area contributed by atoms with E-state index in [-0.39, 0.29) is 22.9 Å². The highest BCUT2D eigenvalue weighted by atomic mass is 16.1. The molecule has 0 saturated heterocycles. The van der Waals surface area contributed by atoms with Crippen molar-refractivity contribution in [3.63, 3.8) is 0 Å². The Morgan fingerprint density at radius 2 is 1.15 bits per heavy atom. The molecule has 0 N–H and O–H groups in total. The van der Waals surface area contributed by atoms with E-state index in [4.69, 9.17) is 0 Å². The minimum atomic E-state index is -0.139. The van der Waals surface area contributed by atoms with E-state index in [1.807, 2.05) is 34.6 Å². The molecule has 0 aromatic carbocycles. The van der Waals surface area contributed by atoms with Gasteiger partial charge in [0.2, 0.25) is 0 Å². The van der Waals surface area contributed by atoms with Crippen LogP contribution in [0.25, 0.3) is 0 Å². The Bertz CT molecular complexity index is 173. The number of Topliss-reactive ketones (excluding diaryl/α,β-unsaturated/α-hetero) is 2. The Labute approximate surface area is 81.7 Å². The Morgan fingerprint density at radius 3 is 1.15 bits per heavy atom. The van der Waals surface area contributed by atoms with Crippen molar-refractivity contribution in [1.82, 2.24) is 0 Å².